The van der Waals surface area contributed by atoms with E-state index in [2.05, 4.69) is 0 Å². The second-order valence-electron chi connectivity index (χ2n) is 8.61. The Morgan fingerprint density at radius 3 is 2.09 bits per heavy atom. The maximum atomic E-state index is 13.2. The van der Waals surface area contributed by atoms with Crippen LogP contribution in [0.25, 0.3) is 0 Å². The molecule has 0 saturated carbocycles. The van der Waals surface area contributed by atoms with Gasteiger partial charge in [-0.25, -0.2) is 0 Å². The Balaban J connectivity index is 2.08. The standard InChI is InChI=1S/C25H27NO6/c1-25(2,3)23(29)20-21(16-8-12-18(31-4)13-9-16)26(24(30)22(20)28)17-10-6-15(7-11-17)14-19(27)32-5/h6-13,21,28H,14H2,1-5H3. The van der Waals surface area contributed by atoms with Crippen molar-refractivity contribution >= 4 is 23.3 Å². The van der Waals surface area contributed by atoms with Gasteiger partial charge >= 0.3 is 5.97 Å². The van der Waals surface area contributed by atoms with Gasteiger partial charge in [-0.3, -0.25) is 19.3 Å². The topological polar surface area (TPSA) is 93.1 Å². The molecule has 1 aliphatic rings. The Labute approximate surface area is 187 Å². The molecule has 3 rings (SSSR count). The van der Waals surface area contributed by atoms with Crippen LogP contribution in [0.5, 0.6) is 5.75 Å². The number of aliphatic hydroxyl groups excluding tert-OH is 1. The minimum Gasteiger partial charge on any atom is -0.503 e. The van der Waals surface area contributed by atoms with E-state index in [9.17, 15) is 19.5 Å². The average molecular weight is 437 g/mol. The zero-order valence-corrected chi connectivity index (χ0v) is 18.8. The lowest BCUT2D eigenvalue weighted by Crippen LogP contribution is -2.32. The van der Waals surface area contributed by atoms with Crippen LogP contribution in [0.1, 0.15) is 37.9 Å². The van der Waals surface area contributed by atoms with Crippen molar-refractivity contribution in [3.05, 3.63) is 71.0 Å². The number of ether oxygens (including phenoxy) is 2. The number of hydrogen-bond acceptors (Lipinski definition) is 6. The van der Waals surface area contributed by atoms with Crippen molar-refractivity contribution in [1.82, 2.24) is 0 Å². The van der Waals surface area contributed by atoms with Crippen molar-refractivity contribution in [2.75, 3.05) is 19.1 Å². The Kier molecular flexibility index (Phi) is 6.39. The molecule has 0 saturated heterocycles. The lowest BCUT2D eigenvalue weighted by molar-refractivity contribution is -0.139. The first-order valence-corrected chi connectivity index (χ1v) is 10.2. The lowest BCUT2D eigenvalue weighted by atomic mass is 9.82. The van der Waals surface area contributed by atoms with Crippen molar-refractivity contribution in [2.24, 2.45) is 5.41 Å². The summed E-state index contributed by atoms with van der Waals surface area (Å²) in [6, 6.07) is 13.0. The number of hydrogen-bond donors (Lipinski definition) is 1. The summed E-state index contributed by atoms with van der Waals surface area (Å²) in [6.07, 6.45) is 0.101. The Morgan fingerprint density at radius 2 is 1.59 bits per heavy atom. The third-order valence-corrected chi connectivity index (χ3v) is 5.36. The molecular weight excluding hydrogens is 410 g/mol. The highest BCUT2D eigenvalue weighted by atomic mass is 16.5. The van der Waals surface area contributed by atoms with Crippen LogP contribution in [-0.4, -0.2) is 37.0 Å². The molecule has 32 heavy (non-hydrogen) atoms. The molecule has 1 N–H and O–H groups in total. The second-order valence-corrected chi connectivity index (χ2v) is 8.61. The quantitative estimate of drug-likeness (QED) is 0.689. The van der Waals surface area contributed by atoms with Gasteiger partial charge in [0.1, 0.15) is 5.75 Å². The maximum absolute atomic E-state index is 13.2. The number of anilines is 1. The predicted molar refractivity (Wildman–Crippen MR) is 119 cm³/mol. The van der Waals surface area contributed by atoms with Crippen molar-refractivity contribution < 1.29 is 29.0 Å². The first kappa shape index (κ1) is 23.1. The number of methoxy groups -OCH3 is 2. The summed E-state index contributed by atoms with van der Waals surface area (Å²) >= 11 is 0. The molecule has 1 unspecified atom stereocenters. The van der Waals surface area contributed by atoms with Gasteiger partial charge in [0.25, 0.3) is 5.91 Å². The van der Waals surface area contributed by atoms with Crippen LogP contribution in [0.2, 0.25) is 0 Å². The molecule has 1 aliphatic heterocycles. The van der Waals surface area contributed by atoms with E-state index in [-0.39, 0.29) is 23.7 Å². The molecule has 0 radical (unpaired) electrons. The van der Waals surface area contributed by atoms with E-state index < -0.39 is 23.1 Å². The molecule has 2 aromatic rings. The minimum atomic E-state index is -0.799. The molecule has 1 heterocycles. The number of carbonyl (C=O) groups is 3. The van der Waals surface area contributed by atoms with Crippen molar-refractivity contribution in [3.8, 4) is 5.75 Å². The van der Waals surface area contributed by atoms with Gasteiger partial charge in [0, 0.05) is 11.1 Å². The van der Waals surface area contributed by atoms with Crippen molar-refractivity contribution in [1.29, 1.82) is 0 Å². The fourth-order valence-corrected chi connectivity index (χ4v) is 3.62. The highest BCUT2D eigenvalue weighted by Gasteiger charge is 2.46. The van der Waals surface area contributed by atoms with Crippen molar-refractivity contribution in [2.45, 2.75) is 33.2 Å². The molecule has 0 aliphatic carbocycles. The number of esters is 1. The molecule has 7 heteroatoms. The molecule has 0 spiro atoms. The van der Waals surface area contributed by atoms with Gasteiger partial charge in [0.05, 0.1) is 32.3 Å². The summed E-state index contributed by atoms with van der Waals surface area (Å²) in [7, 11) is 2.87. The highest BCUT2D eigenvalue weighted by Crippen LogP contribution is 2.43. The SMILES string of the molecule is COC(=O)Cc1ccc(N2C(=O)C(O)=C(C(=O)C(C)(C)C)C2c2ccc(OC)cc2)cc1. The van der Waals surface area contributed by atoms with Crippen LogP contribution in [0.15, 0.2) is 59.9 Å². The largest absolute Gasteiger partial charge is 0.503 e. The third-order valence-electron chi connectivity index (χ3n) is 5.36. The molecule has 2 aromatic carbocycles. The van der Waals surface area contributed by atoms with Crippen molar-refractivity contribution in [3.63, 3.8) is 0 Å². The van der Waals surface area contributed by atoms with Gasteiger partial charge in [-0.15, -0.1) is 0 Å². The number of nitrogens with zero attached hydrogens (tertiary/aromatic N) is 1. The highest BCUT2D eigenvalue weighted by molar-refractivity contribution is 6.17. The van der Waals surface area contributed by atoms with E-state index in [4.69, 9.17) is 9.47 Å². The zero-order valence-electron chi connectivity index (χ0n) is 18.8. The first-order valence-electron chi connectivity index (χ1n) is 10.2. The number of rotatable bonds is 6. The number of carbonyl (C=O) groups excluding carboxylic acids is 3. The summed E-state index contributed by atoms with van der Waals surface area (Å²) in [5.41, 5.74) is 1.14. The van der Waals surface area contributed by atoms with Gasteiger partial charge < -0.3 is 14.6 Å². The minimum absolute atomic E-state index is 0.0614. The van der Waals surface area contributed by atoms with E-state index >= 15 is 0 Å². The van der Waals surface area contributed by atoms with Gasteiger partial charge in [0.2, 0.25) is 0 Å². The van der Waals surface area contributed by atoms with Gasteiger partial charge in [0.15, 0.2) is 11.5 Å². The number of ketones is 1. The van der Waals surface area contributed by atoms with Crippen LogP contribution < -0.4 is 9.64 Å². The summed E-state index contributed by atoms with van der Waals surface area (Å²) < 4.78 is 9.91. The molecule has 0 bridgehead atoms. The van der Waals surface area contributed by atoms with Crippen LogP contribution in [0.3, 0.4) is 0 Å². The Morgan fingerprint density at radius 1 is 1.00 bits per heavy atom. The third kappa shape index (κ3) is 4.37. The fourth-order valence-electron chi connectivity index (χ4n) is 3.62. The Bertz CT molecular complexity index is 1060. The summed E-state index contributed by atoms with van der Waals surface area (Å²) in [4.78, 5) is 39.3. The first-order chi connectivity index (χ1) is 15.1. The molecular formula is C25H27NO6. The Hall–Kier alpha value is -3.61. The van der Waals surface area contributed by atoms with Gasteiger partial charge in [-0.05, 0) is 35.4 Å². The second kappa shape index (κ2) is 8.86. The molecule has 1 amide bonds. The van der Waals surface area contributed by atoms with E-state index in [0.717, 1.165) is 5.56 Å². The monoisotopic (exact) mass is 437 g/mol. The molecule has 0 fully saturated rings. The summed E-state index contributed by atoms with van der Waals surface area (Å²) in [5, 5.41) is 10.7. The van der Waals surface area contributed by atoms with Crippen LogP contribution in [-0.2, 0) is 25.5 Å². The fraction of sp³-hybridized carbons (Fsp3) is 0.320. The predicted octanol–water partition coefficient (Wildman–Crippen LogP) is 3.93. The van der Waals surface area contributed by atoms with E-state index in [1.165, 1.54) is 12.0 Å². The van der Waals surface area contributed by atoms with Gasteiger partial charge in [-0.2, -0.15) is 0 Å². The number of Topliss-reactive ketones (excluding diaryl/α,β-unsaturated/α-hetero) is 1. The van der Waals surface area contributed by atoms with E-state index in [1.54, 1.807) is 76.4 Å². The smallest absolute Gasteiger partial charge is 0.309 e. The van der Waals surface area contributed by atoms with E-state index in [1.807, 2.05) is 0 Å². The van der Waals surface area contributed by atoms with E-state index in [0.29, 0.717) is 17.0 Å². The summed E-state index contributed by atoms with van der Waals surface area (Å²) in [5.74, 6) is -1.25. The normalized spacial score (nSPS) is 16.3. The average Bonchev–Trinajstić information content (AvgIpc) is 3.03. The molecule has 168 valence electrons. The number of benzene rings is 2. The maximum Gasteiger partial charge on any atom is 0.309 e. The van der Waals surface area contributed by atoms with Crippen LogP contribution >= 0.6 is 0 Å². The van der Waals surface area contributed by atoms with Gasteiger partial charge in [-0.1, -0.05) is 45.0 Å². The molecule has 7 nitrogen and oxygen atoms in total. The van der Waals surface area contributed by atoms with Crippen LogP contribution in [0, 0.1) is 5.41 Å². The zero-order chi connectivity index (χ0) is 23.6. The molecule has 1 atom stereocenters. The summed E-state index contributed by atoms with van der Waals surface area (Å²) in [6.45, 7) is 5.24. The molecule has 0 aromatic heterocycles. The van der Waals surface area contributed by atoms with Crippen LogP contribution in [0.4, 0.5) is 5.69 Å². The lowest BCUT2D eigenvalue weighted by Gasteiger charge is -2.29. The number of amides is 1. The number of aliphatic hydroxyl groups is 1.